The highest BCUT2D eigenvalue weighted by atomic mass is 127. The van der Waals surface area contributed by atoms with E-state index in [0.29, 0.717) is 5.41 Å². The fourth-order valence-electron chi connectivity index (χ4n) is 3.88. The Morgan fingerprint density at radius 1 is 1.12 bits per heavy atom. The summed E-state index contributed by atoms with van der Waals surface area (Å²) in [7, 11) is 5.43. The third-order valence-electron chi connectivity index (χ3n) is 5.98. The van der Waals surface area contributed by atoms with Gasteiger partial charge in [-0.25, -0.2) is 0 Å². The maximum atomic E-state index is 5.28. The van der Waals surface area contributed by atoms with Crippen molar-refractivity contribution in [1.82, 2.24) is 15.5 Å². The van der Waals surface area contributed by atoms with Gasteiger partial charge in [-0.05, 0) is 56.5 Å². The smallest absolute Gasteiger partial charge is 0.191 e. The molecule has 154 valence electrons. The second-order valence-corrected chi connectivity index (χ2v) is 7.68. The van der Waals surface area contributed by atoms with Gasteiger partial charge in [-0.15, -0.1) is 24.0 Å². The topological polar surface area (TPSA) is 58.1 Å². The number of hydrogen-bond acceptors (Lipinski definition) is 4. The molecule has 26 heavy (non-hydrogen) atoms. The van der Waals surface area contributed by atoms with E-state index in [1.165, 1.54) is 45.2 Å². The average molecular weight is 482 g/mol. The zero-order chi connectivity index (χ0) is 18.0. The Balaban J connectivity index is 0.00000338. The Labute approximate surface area is 176 Å². The molecule has 1 aliphatic carbocycles. The summed E-state index contributed by atoms with van der Waals surface area (Å²) in [6.45, 7) is 7.14. The lowest BCUT2D eigenvalue weighted by Crippen LogP contribution is -2.48. The van der Waals surface area contributed by atoms with E-state index in [9.17, 15) is 0 Å². The molecule has 2 aliphatic rings. The third kappa shape index (κ3) is 7.86. The van der Waals surface area contributed by atoms with Crippen LogP contribution >= 0.6 is 24.0 Å². The van der Waals surface area contributed by atoms with Gasteiger partial charge in [-0.2, -0.15) is 0 Å². The number of aliphatic imine (C=N–C) groups is 1. The van der Waals surface area contributed by atoms with Crippen molar-refractivity contribution in [2.24, 2.45) is 16.3 Å². The van der Waals surface area contributed by atoms with Crippen molar-refractivity contribution in [2.45, 2.75) is 38.5 Å². The summed E-state index contributed by atoms with van der Waals surface area (Å²) in [5.41, 5.74) is 0.417. The second kappa shape index (κ2) is 13.1. The van der Waals surface area contributed by atoms with Crippen LogP contribution in [0.1, 0.15) is 38.5 Å². The molecule has 0 radical (unpaired) electrons. The fourth-order valence-corrected chi connectivity index (χ4v) is 3.88. The highest BCUT2D eigenvalue weighted by Crippen LogP contribution is 2.43. The molecular formula is C19H39IN4O2. The lowest BCUT2D eigenvalue weighted by Gasteiger charge is -2.42. The first-order chi connectivity index (χ1) is 12.2. The SMILES string of the molecule is CN=C(NCC1CCN(CCOC)CC1)NCC1(CCOC)CCC1.I. The first-order valence-corrected chi connectivity index (χ1v) is 9.86. The Hall–Kier alpha value is -0.120. The Bertz CT molecular complexity index is 397. The maximum absolute atomic E-state index is 5.28. The van der Waals surface area contributed by atoms with Crippen LogP contribution in [0.15, 0.2) is 4.99 Å². The van der Waals surface area contributed by atoms with Crippen molar-refractivity contribution in [3.05, 3.63) is 0 Å². The van der Waals surface area contributed by atoms with Gasteiger partial charge in [0.25, 0.3) is 0 Å². The van der Waals surface area contributed by atoms with Gasteiger partial charge in [0, 0.05) is 47.5 Å². The van der Waals surface area contributed by atoms with E-state index in [1.54, 1.807) is 14.2 Å². The lowest BCUT2D eigenvalue weighted by molar-refractivity contribution is 0.0732. The molecule has 0 spiro atoms. The number of guanidine groups is 1. The summed E-state index contributed by atoms with van der Waals surface area (Å²) < 4.78 is 10.5. The van der Waals surface area contributed by atoms with Crippen molar-refractivity contribution in [1.29, 1.82) is 0 Å². The van der Waals surface area contributed by atoms with Crippen LogP contribution in [-0.4, -0.2) is 78.1 Å². The van der Waals surface area contributed by atoms with Crippen molar-refractivity contribution >= 4 is 29.9 Å². The first kappa shape index (κ1) is 23.9. The summed E-state index contributed by atoms with van der Waals surface area (Å²) in [5.74, 6) is 1.69. The summed E-state index contributed by atoms with van der Waals surface area (Å²) in [6.07, 6.45) is 7.62. The van der Waals surface area contributed by atoms with Gasteiger partial charge in [-0.1, -0.05) is 6.42 Å². The van der Waals surface area contributed by atoms with E-state index < -0.39 is 0 Å². The maximum Gasteiger partial charge on any atom is 0.191 e. The number of rotatable bonds is 10. The molecule has 2 N–H and O–H groups in total. The number of nitrogens with one attached hydrogen (secondary N) is 2. The minimum Gasteiger partial charge on any atom is -0.385 e. The number of methoxy groups -OCH3 is 2. The molecular weight excluding hydrogens is 443 g/mol. The monoisotopic (exact) mass is 482 g/mol. The van der Waals surface area contributed by atoms with Gasteiger partial charge in [-0.3, -0.25) is 4.99 Å². The summed E-state index contributed by atoms with van der Waals surface area (Å²) >= 11 is 0. The predicted octanol–water partition coefficient (Wildman–Crippen LogP) is 2.33. The fraction of sp³-hybridized carbons (Fsp3) is 0.947. The number of likely N-dealkylation sites (tertiary alicyclic amines) is 1. The van der Waals surface area contributed by atoms with Crippen LogP contribution in [0.5, 0.6) is 0 Å². The number of hydrogen-bond donors (Lipinski definition) is 2. The van der Waals surface area contributed by atoms with E-state index in [4.69, 9.17) is 9.47 Å². The van der Waals surface area contributed by atoms with Crippen LogP contribution in [0.3, 0.4) is 0 Å². The summed E-state index contributed by atoms with van der Waals surface area (Å²) in [5, 5.41) is 7.09. The van der Waals surface area contributed by atoms with Crippen molar-refractivity contribution < 1.29 is 9.47 Å². The third-order valence-corrected chi connectivity index (χ3v) is 5.98. The number of halogens is 1. The average Bonchev–Trinajstić information content (AvgIpc) is 2.62. The largest absolute Gasteiger partial charge is 0.385 e. The normalized spacial score (nSPS) is 21.0. The minimum absolute atomic E-state index is 0. The van der Waals surface area contributed by atoms with Crippen molar-refractivity contribution in [3.8, 4) is 0 Å². The van der Waals surface area contributed by atoms with Crippen LogP contribution in [0.2, 0.25) is 0 Å². The molecule has 2 rings (SSSR count). The summed E-state index contributed by atoms with van der Waals surface area (Å²) in [4.78, 5) is 6.91. The Kier molecular flexibility index (Phi) is 12.1. The van der Waals surface area contributed by atoms with Crippen LogP contribution in [0.4, 0.5) is 0 Å². The first-order valence-electron chi connectivity index (χ1n) is 9.86. The lowest BCUT2D eigenvalue weighted by atomic mass is 9.67. The van der Waals surface area contributed by atoms with Crippen LogP contribution < -0.4 is 10.6 Å². The Morgan fingerprint density at radius 2 is 1.81 bits per heavy atom. The van der Waals surface area contributed by atoms with Gasteiger partial charge in [0.05, 0.1) is 6.61 Å². The molecule has 1 saturated heterocycles. The van der Waals surface area contributed by atoms with Crippen LogP contribution in [-0.2, 0) is 9.47 Å². The molecule has 6 nitrogen and oxygen atoms in total. The Morgan fingerprint density at radius 3 is 2.35 bits per heavy atom. The van der Waals surface area contributed by atoms with Crippen LogP contribution in [0, 0.1) is 11.3 Å². The molecule has 1 aliphatic heterocycles. The van der Waals surface area contributed by atoms with E-state index in [1.807, 2.05) is 7.05 Å². The van der Waals surface area contributed by atoms with E-state index in [-0.39, 0.29) is 24.0 Å². The minimum atomic E-state index is 0. The van der Waals surface area contributed by atoms with E-state index >= 15 is 0 Å². The van der Waals surface area contributed by atoms with Crippen molar-refractivity contribution in [3.63, 3.8) is 0 Å². The summed E-state index contributed by atoms with van der Waals surface area (Å²) in [6, 6.07) is 0. The van der Waals surface area contributed by atoms with Crippen LogP contribution in [0.25, 0.3) is 0 Å². The molecule has 2 fully saturated rings. The van der Waals surface area contributed by atoms with Gasteiger partial charge >= 0.3 is 0 Å². The standard InChI is InChI=1S/C19H38N4O2.HI/c1-20-18(22-16-19(7-4-8-19)9-13-24-2)21-15-17-5-10-23(11-6-17)12-14-25-3;/h17H,4-16H2,1-3H3,(H2,20,21,22);1H. The number of ether oxygens (including phenoxy) is 2. The highest BCUT2D eigenvalue weighted by molar-refractivity contribution is 14.0. The molecule has 0 amide bonds. The molecule has 0 aromatic carbocycles. The van der Waals surface area contributed by atoms with Gasteiger partial charge in [0.2, 0.25) is 0 Å². The van der Waals surface area contributed by atoms with Crippen molar-refractivity contribution in [2.75, 3.05) is 67.2 Å². The molecule has 0 unspecified atom stereocenters. The zero-order valence-electron chi connectivity index (χ0n) is 16.9. The molecule has 1 heterocycles. The predicted molar refractivity (Wildman–Crippen MR) is 119 cm³/mol. The number of nitrogens with zero attached hydrogens (tertiary/aromatic N) is 2. The quantitative estimate of drug-likeness (QED) is 0.285. The zero-order valence-corrected chi connectivity index (χ0v) is 19.2. The molecule has 0 aromatic rings. The van der Waals surface area contributed by atoms with E-state index in [2.05, 4.69) is 20.5 Å². The van der Waals surface area contributed by atoms with Gasteiger partial charge in [0.1, 0.15) is 0 Å². The molecule has 0 atom stereocenters. The second-order valence-electron chi connectivity index (χ2n) is 7.68. The van der Waals surface area contributed by atoms with Gasteiger partial charge in [0.15, 0.2) is 5.96 Å². The highest BCUT2D eigenvalue weighted by Gasteiger charge is 2.36. The van der Waals surface area contributed by atoms with E-state index in [0.717, 1.165) is 51.1 Å². The number of piperidine rings is 1. The van der Waals surface area contributed by atoms with Gasteiger partial charge < -0.3 is 25.0 Å². The molecule has 1 saturated carbocycles. The molecule has 0 bridgehead atoms. The molecule has 7 heteroatoms. The molecule has 0 aromatic heterocycles.